The zero-order chi connectivity index (χ0) is 29.4. The summed E-state index contributed by atoms with van der Waals surface area (Å²) in [5, 5.41) is 21.9. The SMILES string of the molecule is CC/N=C/c1cc(C(C)(C)C)cc(CN(C)CCCN(C)Cc2cc(C(C)(C)C)cc(/C=N/CC)c2O)c1O. The molecule has 0 unspecified atom stereocenters. The van der Waals surface area contributed by atoms with Gasteiger partial charge < -0.3 is 20.0 Å². The molecule has 0 aliphatic heterocycles. The topological polar surface area (TPSA) is 71.7 Å². The highest BCUT2D eigenvalue weighted by Gasteiger charge is 2.20. The third-order valence-corrected chi connectivity index (χ3v) is 6.95. The summed E-state index contributed by atoms with van der Waals surface area (Å²) in [6.07, 6.45) is 4.54. The fourth-order valence-corrected chi connectivity index (χ4v) is 4.47. The van der Waals surface area contributed by atoms with E-state index >= 15 is 0 Å². The number of aliphatic imine (C=N–C) groups is 2. The van der Waals surface area contributed by atoms with Crippen molar-refractivity contribution < 1.29 is 10.2 Å². The summed E-state index contributed by atoms with van der Waals surface area (Å²) in [5.74, 6) is 0.640. The summed E-state index contributed by atoms with van der Waals surface area (Å²) in [4.78, 5) is 13.2. The summed E-state index contributed by atoms with van der Waals surface area (Å²) in [5.41, 5.74) is 5.79. The van der Waals surface area contributed by atoms with Crippen LogP contribution in [0.1, 0.15) is 95.2 Å². The maximum Gasteiger partial charge on any atom is 0.128 e. The van der Waals surface area contributed by atoms with Crippen LogP contribution in [0.15, 0.2) is 34.3 Å². The predicted octanol–water partition coefficient (Wildman–Crippen LogP) is 6.52. The van der Waals surface area contributed by atoms with Crippen LogP contribution in [-0.4, -0.2) is 72.7 Å². The average molecular weight is 537 g/mol. The van der Waals surface area contributed by atoms with Gasteiger partial charge in [-0.2, -0.15) is 0 Å². The van der Waals surface area contributed by atoms with E-state index < -0.39 is 0 Å². The van der Waals surface area contributed by atoms with Gasteiger partial charge in [0.1, 0.15) is 11.5 Å². The average Bonchev–Trinajstić information content (AvgIpc) is 2.83. The second kappa shape index (κ2) is 14.1. The van der Waals surface area contributed by atoms with Crippen molar-refractivity contribution in [1.29, 1.82) is 0 Å². The van der Waals surface area contributed by atoms with Crippen LogP contribution >= 0.6 is 0 Å². The van der Waals surface area contributed by atoms with Crippen molar-refractivity contribution in [3.63, 3.8) is 0 Å². The molecule has 0 saturated carbocycles. The van der Waals surface area contributed by atoms with Crippen LogP contribution in [0.5, 0.6) is 11.5 Å². The van der Waals surface area contributed by atoms with Crippen LogP contribution in [0.25, 0.3) is 0 Å². The molecule has 2 rings (SSSR count). The van der Waals surface area contributed by atoms with Gasteiger partial charge in [0.05, 0.1) is 0 Å². The highest BCUT2D eigenvalue weighted by atomic mass is 16.3. The molecule has 0 bridgehead atoms. The molecule has 216 valence electrons. The Labute approximate surface area is 237 Å². The van der Waals surface area contributed by atoms with Crippen molar-refractivity contribution in [1.82, 2.24) is 9.80 Å². The molecule has 0 spiro atoms. The monoisotopic (exact) mass is 536 g/mol. The highest BCUT2D eigenvalue weighted by Crippen LogP contribution is 2.32. The van der Waals surface area contributed by atoms with Crippen LogP contribution in [0.4, 0.5) is 0 Å². The highest BCUT2D eigenvalue weighted by molar-refractivity contribution is 5.85. The van der Waals surface area contributed by atoms with Crippen molar-refractivity contribution in [3.8, 4) is 11.5 Å². The molecule has 0 aliphatic rings. The molecule has 0 saturated heterocycles. The fourth-order valence-electron chi connectivity index (χ4n) is 4.47. The third kappa shape index (κ3) is 9.77. The van der Waals surface area contributed by atoms with Crippen molar-refractivity contribution in [2.45, 2.75) is 85.7 Å². The van der Waals surface area contributed by atoms with E-state index in [2.05, 4.69) is 99.7 Å². The molecular weight excluding hydrogens is 484 g/mol. The Morgan fingerprint density at radius 2 is 1.03 bits per heavy atom. The third-order valence-electron chi connectivity index (χ3n) is 6.95. The molecule has 0 amide bonds. The second-order valence-electron chi connectivity index (χ2n) is 12.7. The Hall–Kier alpha value is -2.70. The Morgan fingerprint density at radius 3 is 1.33 bits per heavy atom. The van der Waals surface area contributed by atoms with Crippen LogP contribution in [0.3, 0.4) is 0 Å². The summed E-state index contributed by atoms with van der Waals surface area (Å²) in [6.45, 7) is 21.6. The van der Waals surface area contributed by atoms with Gasteiger partial charge >= 0.3 is 0 Å². The van der Waals surface area contributed by atoms with E-state index in [0.29, 0.717) is 37.7 Å². The summed E-state index contributed by atoms with van der Waals surface area (Å²) < 4.78 is 0. The van der Waals surface area contributed by atoms with Gasteiger partial charge in [-0.1, -0.05) is 53.7 Å². The lowest BCUT2D eigenvalue weighted by atomic mass is 9.84. The van der Waals surface area contributed by atoms with E-state index in [1.807, 2.05) is 13.8 Å². The number of hydrogen-bond acceptors (Lipinski definition) is 6. The van der Waals surface area contributed by atoms with Gasteiger partial charge in [0.2, 0.25) is 0 Å². The number of rotatable bonds is 12. The summed E-state index contributed by atoms with van der Waals surface area (Å²) in [6, 6.07) is 8.37. The summed E-state index contributed by atoms with van der Waals surface area (Å²) in [7, 11) is 4.20. The molecule has 2 N–H and O–H groups in total. The van der Waals surface area contributed by atoms with Gasteiger partial charge in [-0.15, -0.1) is 0 Å². The number of phenols is 2. The molecule has 0 aromatic heterocycles. The molecule has 0 atom stereocenters. The zero-order valence-electron chi connectivity index (χ0n) is 26.1. The van der Waals surface area contributed by atoms with E-state index in [0.717, 1.165) is 41.8 Å². The first-order valence-electron chi connectivity index (χ1n) is 14.3. The quantitative estimate of drug-likeness (QED) is 0.303. The largest absolute Gasteiger partial charge is 0.507 e. The number of nitrogens with zero attached hydrogens (tertiary/aromatic N) is 4. The first-order chi connectivity index (χ1) is 18.2. The summed E-state index contributed by atoms with van der Waals surface area (Å²) >= 11 is 0. The minimum absolute atomic E-state index is 0.0172. The lowest BCUT2D eigenvalue weighted by molar-refractivity contribution is 0.266. The van der Waals surface area contributed by atoms with E-state index in [9.17, 15) is 10.2 Å². The fraction of sp³-hybridized carbons (Fsp3) is 0.576. The maximum atomic E-state index is 11.0. The van der Waals surface area contributed by atoms with E-state index in [-0.39, 0.29) is 10.8 Å². The minimum Gasteiger partial charge on any atom is -0.507 e. The second-order valence-corrected chi connectivity index (χ2v) is 12.7. The molecule has 0 heterocycles. The number of phenolic OH excluding ortho intramolecular Hbond substituents is 2. The standard InChI is InChI=1S/C33H52N4O2/c1-11-34-20-24-16-28(32(3,4)5)18-26(30(24)38)22-36(9)14-13-15-37(10)23-27-19-29(33(6,7)8)17-25(31(27)39)21-35-12-2/h16-21,38-39H,11-15,22-23H2,1-10H3/b34-20+,35-21+. The van der Waals surface area contributed by atoms with E-state index in [4.69, 9.17) is 0 Å². The van der Waals surface area contributed by atoms with Gasteiger partial charge in [0, 0.05) is 60.9 Å². The van der Waals surface area contributed by atoms with Gasteiger partial charge in [-0.3, -0.25) is 9.98 Å². The van der Waals surface area contributed by atoms with Crippen molar-refractivity contribution in [3.05, 3.63) is 57.6 Å². The van der Waals surface area contributed by atoms with Crippen LogP contribution < -0.4 is 0 Å². The minimum atomic E-state index is -0.0172. The van der Waals surface area contributed by atoms with Crippen LogP contribution in [-0.2, 0) is 23.9 Å². The molecule has 0 aliphatic carbocycles. The van der Waals surface area contributed by atoms with Gasteiger partial charge in [0.15, 0.2) is 0 Å². The van der Waals surface area contributed by atoms with Crippen LogP contribution in [0, 0.1) is 0 Å². The molecule has 39 heavy (non-hydrogen) atoms. The van der Waals surface area contributed by atoms with Crippen molar-refractivity contribution >= 4 is 12.4 Å². The Morgan fingerprint density at radius 1 is 0.667 bits per heavy atom. The van der Waals surface area contributed by atoms with Crippen LogP contribution in [0.2, 0.25) is 0 Å². The van der Waals surface area contributed by atoms with Gasteiger partial charge in [-0.05, 0) is 81.5 Å². The van der Waals surface area contributed by atoms with E-state index in [1.54, 1.807) is 12.4 Å². The smallest absolute Gasteiger partial charge is 0.128 e. The molecule has 2 aromatic carbocycles. The normalized spacial score (nSPS) is 13.0. The molecule has 6 heteroatoms. The molecule has 2 aromatic rings. The van der Waals surface area contributed by atoms with E-state index in [1.165, 1.54) is 11.1 Å². The van der Waals surface area contributed by atoms with Gasteiger partial charge in [-0.25, -0.2) is 0 Å². The molecular formula is C33H52N4O2. The number of aromatic hydroxyl groups is 2. The Balaban J connectivity index is 2.09. The molecule has 0 radical (unpaired) electrons. The van der Waals surface area contributed by atoms with Gasteiger partial charge in [0.25, 0.3) is 0 Å². The number of hydrogen-bond donors (Lipinski definition) is 2. The predicted molar refractivity (Wildman–Crippen MR) is 167 cm³/mol. The molecule has 0 fully saturated rings. The lowest BCUT2D eigenvalue weighted by Crippen LogP contribution is -2.26. The Kier molecular flexibility index (Phi) is 11.7. The first kappa shape index (κ1) is 32.5. The molecule has 6 nitrogen and oxygen atoms in total. The number of benzene rings is 2. The zero-order valence-corrected chi connectivity index (χ0v) is 26.1. The van der Waals surface area contributed by atoms with Crippen molar-refractivity contribution in [2.24, 2.45) is 9.98 Å². The first-order valence-corrected chi connectivity index (χ1v) is 14.3. The van der Waals surface area contributed by atoms with Crippen molar-refractivity contribution in [2.75, 3.05) is 40.3 Å². The maximum absolute atomic E-state index is 11.0. The Bertz CT molecular complexity index is 1050. The lowest BCUT2D eigenvalue weighted by Gasteiger charge is -2.25.